The second kappa shape index (κ2) is 4.13. The van der Waals surface area contributed by atoms with Gasteiger partial charge in [0.25, 0.3) is 0 Å². The first-order valence-electron chi connectivity index (χ1n) is 6.11. The number of nitrogens with one attached hydrogen (secondary N) is 1. The van der Waals surface area contributed by atoms with Crippen LogP contribution in [0.3, 0.4) is 0 Å². The predicted molar refractivity (Wildman–Crippen MR) is 70.4 cm³/mol. The summed E-state index contributed by atoms with van der Waals surface area (Å²) < 4.78 is 28.0. The van der Waals surface area contributed by atoms with Gasteiger partial charge in [0.1, 0.15) is 5.75 Å². The van der Waals surface area contributed by atoms with Crippen molar-refractivity contribution in [1.82, 2.24) is 5.32 Å². The number of fused-ring (bicyclic) bond motifs is 2. The number of hydrogen-bond acceptors (Lipinski definition) is 6. The molecule has 20 heavy (non-hydrogen) atoms. The van der Waals surface area contributed by atoms with Gasteiger partial charge in [0.2, 0.25) is 0 Å². The molecule has 0 aromatic heterocycles. The number of rotatable bonds is 3. The lowest BCUT2D eigenvalue weighted by molar-refractivity contribution is -0.0372. The average Bonchev–Trinajstić information content (AvgIpc) is 2.61. The molecule has 106 valence electrons. The van der Waals surface area contributed by atoms with Crippen LogP contribution in [0.1, 0.15) is 26.3 Å². The molecule has 0 bridgehead atoms. The Bertz CT molecular complexity index is 718. The summed E-state index contributed by atoms with van der Waals surface area (Å²) in [5.74, 6) is -1.54. The highest BCUT2D eigenvalue weighted by atomic mass is 32.2. The van der Waals surface area contributed by atoms with Gasteiger partial charge in [0.05, 0.1) is 5.56 Å². The van der Waals surface area contributed by atoms with Crippen molar-refractivity contribution in [2.24, 2.45) is 0 Å². The van der Waals surface area contributed by atoms with Crippen LogP contribution >= 0.6 is 0 Å². The Labute approximate surface area is 116 Å². The van der Waals surface area contributed by atoms with Crippen molar-refractivity contribution in [2.45, 2.75) is 5.60 Å². The second-order valence-electron chi connectivity index (χ2n) is 5.21. The van der Waals surface area contributed by atoms with Crippen LogP contribution in [0, 0.1) is 0 Å². The van der Waals surface area contributed by atoms with Gasteiger partial charge in [-0.25, -0.2) is 13.2 Å². The van der Waals surface area contributed by atoms with Crippen LogP contribution in [0.5, 0.6) is 0 Å². The number of carbonyl (C=O) groups excluding carboxylic acids is 2. The van der Waals surface area contributed by atoms with Crippen molar-refractivity contribution in [1.29, 1.82) is 0 Å². The van der Waals surface area contributed by atoms with Gasteiger partial charge < -0.3 is 10.1 Å². The quantitative estimate of drug-likeness (QED) is 0.618. The largest absolute Gasteiger partial charge is 0.448 e. The van der Waals surface area contributed by atoms with Crippen molar-refractivity contribution in [3.05, 3.63) is 34.9 Å². The molecule has 0 amide bonds. The van der Waals surface area contributed by atoms with Crippen LogP contribution in [-0.4, -0.2) is 45.3 Å². The predicted octanol–water partition coefficient (Wildman–Crippen LogP) is -0.117. The minimum atomic E-state index is -3.42. The highest BCUT2D eigenvalue weighted by molar-refractivity contribution is 7.91. The summed E-state index contributed by atoms with van der Waals surface area (Å²) in [5, 5.41) is 3.01. The van der Waals surface area contributed by atoms with Gasteiger partial charge in [-0.3, -0.25) is 4.79 Å². The minimum Gasteiger partial charge on any atom is -0.448 e. The van der Waals surface area contributed by atoms with Gasteiger partial charge in [0, 0.05) is 30.5 Å². The van der Waals surface area contributed by atoms with E-state index in [9.17, 15) is 18.0 Å². The van der Waals surface area contributed by atoms with Crippen LogP contribution in [-0.2, 0) is 20.2 Å². The van der Waals surface area contributed by atoms with E-state index in [2.05, 4.69) is 5.32 Å². The standard InChI is InChI=1S/C13H13NO5S/c1-20(17,18)5-10(15)8-3-2-4-9-11(8)13(6-14-7-13)19-12(9)16/h2-4,14H,5-7H2,1H3. The lowest BCUT2D eigenvalue weighted by atomic mass is 9.83. The normalized spacial score (nSPS) is 19.4. The van der Waals surface area contributed by atoms with E-state index >= 15 is 0 Å². The third kappa shape index (κ3) is 1.94. The third-order valence-corrected chi connectivity index (χ3v) is 4.33. The van der Waals surface area contributed by atoms with Crippen LogP contribution in [0.4, 0.5) is 0 Å². The summed E-state index contributed by atoms with van der Waals surface area (Å²) in [5.41, 5.74) is 0.333. The molecule has 0 saturated carbocycles. The summed E-state index contributed by atoms with van der Waals surface area (Å²) in [6.07, 6.45) is 1.01. The van der Waals surface area contributed by atoms with Gasteiger partial charge >= 0.3 is 5.97 Å². The molecule has 1 aromatic rings. The molecule has 7 heteroatoms. The topological polar surface area (TPSA) is 89.5 Å². The van der Waals surface area contributed by atoms with Crippen molar-refractivity contribution >= 4 is 21.6 Å². The fraction of sp³-hybridized carbons (Fsp3) is 0.385. The Hall–Kier alpha value is -1.73. The molecule has 1 N–H and O–H groups in total. The zero-order valence-corrected chi connectivity index (χ0v) is 11.6. The van der Waals surface area contributed by atoms with Gasteiger partial charge in [-0.1, -0.05) is 12.1 Å². The van der Waals surface area contributed by atoms with E-state index in [4.69, 9.17) is 4.74 Å². The summed E-state index contributed by atoms with van der Waals surface area (Å²) >= 11 is 0. The summed E-state index contributed by atoms with van der Waals surface area (Å²) in [6, 6.07) is 4.72. The molecule has 2 aliphatic rings. The van der Waals surface area contributed by atoms with E-state index in [1.807, 2.05) is 0 Å². The number of hydrogen-bond donors (Lipinski definition) is 1. The fourth-order valence-electron chi connectivity index (χ4n) is 2.65. The summed E-state index contributed by atoms with van der Waals surface area (Å²) in [4.78, 5) is 24.0. The molecule has 2 aliphatic heterocycles. The van der Waals surface area contributed by atoms with E-state index in [0.717, 1.165) is 6.26 Å². The number of esters is 1. The van der Waals surface area contributed by atoms with E-state index < -0.39 is 32.9 Å². The van der Waals surface area contributed by atoms with E-state index in [1.165, 1.54) is 0 Å². The monoisotopic (exact) mass is 295 g/mol. The number of ketones is 1. The van der Waals surface area contributed by atoms with Gasteiger partial charge in [0.15, 0.2) is 21.2 Å². The Morgan fingerprint density at radius 3 is 2.65 bits per heavy atom. The molecule has 3 rings (SSSR count). The molecule has 1 aromatic carbocycles. The molecule has 0 unspecified atom stereocenters. The van der Waals surface area contributed by atoms with Crippen LogP contribution in [0.2, 0.25) is 0 Å². The number of sulfone groups is 1. The second-order valence-corrected chi connectivity index (χ2v) is 7.35. The molecule has 0 aliphatic carbocycles. The smallest absolute Gasteiger partial charge is 0.339 e. The molecule has 0 radical (unpaired) electrons. The third-order valence-electron chi connectivity index (χ3n) is 3.54. The van der Waals surface area contributed by atoms with E-state index in [-0.39, 0.29) is 5.56 Å². The first kappa shape index (κ1) is 13.3. The Morgan fingerprint density at radius 2 is 2.10 bits per heavy atom. The van der Waals surface area contributed by atoms with Gasteiger partial charge in [-0.15, -0.1) is 0 Å². The van der Waals surface area contributed by atoms with Crippen molar-refractivity contribution < 1.29 is 22.7 Å². The highest BCUT2D eigenvalue weighted by Gasteiger charge is 2.52. The van der Waals surface area contributed by atoms with Crippen LogP contribution in [0.15, 0.2) is 18.2 Å². The summed E-state index contributed by atoms with van der Waals surface area (Å²) in [6.45, 7) is 0.879. The first-order chi connectivity index (χ1) is 9.32. The molecule has 1 saturated heterocycles. The number of benzene rings is 1. The molecule has 1 spiro atoms. The lowest BCUT2D eigenvalue weighted by Crippen LogP contribution is -2.57. The van der Waals surface area contributed by atoms with E-state index in [1.54, 1.807) is 18.2 Å². The first-order valence-corrected chi connectivity index (χ1v) is 8.17. The molecule has 0 atom stereocenters. The number of Topliss-reactive ketones (excluding diaryl/α,β-unsaturated/α-hetero) is 1. The number of carbonyl (C=O) groups is 2. The fourth-order valence-corrected chi connectivity index (χ4v) is 3.28. The Kier molecular flexibility index (Phi) is 2.74. The van der Waals surface area contributed by atoms with E-state index in [0.29, 0.717) is 24.2 Å². The van der Waals surface area contributed by atoms with Crippen LogP contribution in [0.25, 0.3) is 0 Å². The van der Waals surface area contributed by atoms with Crippen molar-refractivity contribution in [3.8, 4) is 0 Å². The highest BCUT2D eigenvalue weighted by Crippen LogP contribution is 2.41. The van der Waals surface area contributed by atoms with Crippen LogP contribution < -0.4 is 5.32 Å². The maximum absolute atomic E-state index is 12.2. The van der Waals surface area contributed by atoms with Crippen molar-refractivity contribution in [2.75, 3.05) is 25.1 Å². The molecular weight excluding hydrogens is 282 g/mol. The maximum Gasteiger partial charge on any atom is 0.339 e. The number of ether oxygens (including phenoxy) is 1. The molecule has 1 fully saturated rings. The Balaban J connectivity index is 2.11. The van der Waals surface area contributed by atoms with Gasteiger partial charge in [-0.05, 0) is 6.07 Å². The average molecular weight is 295 g/mol. The molecule has 6 nitrogen and oxygen atoms in total. The van der Waals surface area contributed by atoms with Crippen molar-refractivity contribution in [3.63, 3.8) is 0 Å². The zero-order chi connectivity index (χ0) is 14.5. The molecule has 2 heterocycles. The van der Waals surface area contributed by atoms with Gasteiger partial charge in [-0.2, -0.15) is 0 Å². The SMILES string of the molecule is CS(=O)(=O)CC(=O)c1cccc2c1C1(CNC1)OC2=O. The lowest BCUT2D eigenvalue weighted by Gasteiger charge is -2.38. The Morgan fingerprint density at radius 1 is 1.40 bits per heavy atom. The molecular formula is C13H13NO5S. The zero-order valence-electron chi connectivity index (χ0n) is 10.8. The maximum atomic E-state index is 12.2. The summed E-state index contributed by atoms with van der Waals surface area (Å²) in [7, 11) is -3.42. The minimum absolute atomic E-state index is 0.264.